The Morgan fingerprint density at radius 1 is 0.525 bits per heavy atom. The van der Waals surface area contributed by atoms with Gasteiger partial charge in [0.15, 0.2) is 9.84 Å². The van der Waals surface area contributed by atoms with Crippen LogP contribution in [0.25, 0.3) is 0 Å². The van der Waals surface area contributed by atoms with Crippen LogP contribution in [0.5, 0.6) is 11.5 Å². The molecule has 0 atom stereocenters. The molecule has 2 aliphatic rings. The minimum absolute atomic E-state index is 0.0203. The Balaban J connectivity index is 0.917. The Hall–Kier alpha value is -7.65. The zero-order valence-electron chi connectivity index (χ0n) is 31.5. The van der Waals surface area contributed by atoms with Gasteiger partial charge in [0.1, 0.15) is 24.7 Å². The minimum atomic E-state index is -3.30. The van der Waals surface area contributed by atoms with Gasteiger partial charge in [0.25, 0.3) is 23.6 Å². The number of amides is 4. The van der Waals surface area contributed by atoms with Gasteiger partial charge in [-0.15, -0.1) is 0 Å². The van der Waals surface area contributed by atoms with E-state index in [1.54, 1.807) is 97.1 Å². The average Bonchev–Trinajstić information content (AvgIpc) is 3.65. The van der Waals surface area contributed by atoms with Crippen molar-refractivity contribution in [3.63, 3.8) is 0 Å². The molecule has 59 heavy (non-hydrogen) atoms. The van der Waals surface area contributed by atoms with E-state index in [1.165, 1.54) is 30.3 Å². The molecular weight excluding hydrogens is 773 g/mol. The predicted octanol–water partition coefficient (Wildman–Crippen LogP) is 9.29. The van der Waals surface area contributed by atoms with Crippen molar-refractivity contribution in [3.8, 4) is 11.5 Å². The van der Waals surface area contributed by atoms with Gasteiger partial charge >= 0.3 is 0 Å². The summed E-state index contributed by atoms with van der Waals surface area (Å²) in [4.78, 5) is 55.7. The van der Waals surface area contributed by atoms with E-state index in [4.69, 9.17) is 9.47 Å². The van der Waals surface area contributed by atoms with Gasteiger partial charge in [-0.2, -0.15) is 20.5 Å². The molecule has 292 valence electrons. The highest BCUT2D eigenvalue weighted by atomic mass is 32.2. The molecule has 0 N–H and O–H groups in total. The maximum absolute atomic E-state index is 13.4. The smallest absolute Gasteiger partial charge is 0.266 e. The van der Waals surface area contributed by atoms with Crippen LogP contribution in [0.2, 0.25) is 0 Å². The first kappa shape index (κ1) is 38.2. The van der Waals surface area contributed by atoms with Crippen LogP contribution in [0.15, 0.2) is 159 Å². The van der Waals surface area contributed by atoms with Crippen LogP contribution in [0.4, 0.5) is 34.1 Å². The van der Waals surface area contributed by atoms with Crippen molar-refractivity contribution in [3.05, 3.63) is 161 Å². The number of sulfone groups is 1. The standard InChI is InChI=1S/C44H32N6O8S/c1-27-25-30(15-21-38(27)48-46-29-13-19-33(20-14-29)59(2,55)56)47-45-28-11-17-32(18-12-28)57-23-24-58-40-26-31(49-41(51)34-7-3-4-8-35(34)42(49)52)16-22-39(40)50-43(53)36-9-5-6-10-37(36)44(50)54/h3-22,25-26H,23-24H2,1-2H3. The lowest BCUT2D eigenvalue weighted by molar-refractivity contribution is 0.0908. The van der Waals surface area contributed by atoms with E-state index in [2.05, 4.69) is 20.5 Å². The number of azo groups is 2. The number of aryl methyl sites for hydroxylation is 1. The molecule has 0 unspecified atom stereocenters. The second-order valence-electron chi connectivity index (χ2n) is 13.5. The van der Waals surface area contributed by atoms with Gasteiger partial charge in [-0.05, 0) is 116 Å². The van der Waals surface area contributed by atoms with E-state index in [0.29, 0.717) is 28.5 Å². The number of anilines is 2. The maximum atomic E-state index is 13.4. The monoisotopic (exact) mass is 804 g/mol. The van der Waals surface area contributed by atoms with Crippen molar-refractivity contribution in [1.82, 2.24) is 0 Å². The summed E-state index contributed by atoms with van der Waals surface area (Å²) in [6.07, 6.45) is 1.15. The highest BCUT2D eigenvalue weighted by Crippen LogP contribution is 2.39. The van der Waals surface area contributed by atoms with Gasteiger partial charge < -0.3 is 9.47 Å². The highest BCUT2D eigenvalue weighted by molar-refractivity contribution is 7.90. The normalized spacial score (nSPS) is 13.8. The third kappa shape index (κ3) is 7.74. The van der Waals surface area contributed by atoms with Crippen molar-refractivity contribution >= 4 is 67.6 Å². The SMILES string of the molecule is Cc1cc(N=Nc2ccc(OCCOc3cc(N4C(=O)c5ccccc5C4=O)ccc3N3C(=O)c4ccccc4C3=O)cc2)ccc1N=Nc1ccc(S(C)(=O)=O)cc1. The summed E-state index contributed by atoms with van der Waals surface area (Å²) in [5, 5.41) is 17.1. The number of nitrogens with zero attached hydrogens (tertiary/aromatic N) is 6. The van der Waals surface area contributed by atoms with Crippen LogP contribution in [0, 0.1) is 6.92 Å². The Labute approximate surface area is 338 Å². The Kier molecular flexibility index (Phi) is 10.2. The van der Waals surface area contributed by atoms with Crippen molar-refractivity contribution in [2.45, 2.75) is 11.8 Å². The van der Waals surface area contributed by atoms with E-state index in [9.17, 15) is 27.6 Å². The fraction of sp³-hybridized carbons (Fsp3) is 0.0909. The van der Waals surface area contributed by atoms with E-state index in [1.807, 2.05) is 13.0 Å². The van der Waals surface area contributed by atoms with Gasteiger partial charge in [-0.25, -0.2) is 18.2 Å². The van der Waals surface area contributed by atoms with Crippen LogP contribution in [-0.2, 0) is 9.84 Å². The molecular formula is C44H32N6O8S. The van der Waals surface area contributed by atoms with Crippen molar-refractivity contribution < 1.29 is 37.1 Å². The minimum Gasteiger partial charge on any atom is -0.490 e. The number of ether oxygens (including phenoxy) is 2. The van der Waals surface area contributed by atoms with Gasteiger partial charge in [-0.1, -0.05) is 24.3 Å². The molecule has 14 nitrogen and oxygen atoms in total. The average molecular weight is 805 g/mol. The predicted molar refractivity (Wildman–Crippen MR) is 218 cm³/mol. The number of imide groups is 2. The van der Waals surface area contributed by atoms with E-state index >= 15 is 0 Å². The van der Waals surface area contributed by atoms with E-state index in [0.717, 1.165) is 21.6 Å². The van der Waals surface area contributed by atoms with Crippen molar-refractivity contribution in [2.24, 2.45) is 20.5 Å². The molecule has 0 aromatic heterocycles. The molecule has 8 rings (SSSR count). The molecule has 15 heteroatoms. The summed E-state index contributed by atoms with van der Waals surface area (Å²) in [5.41, 5.74) is 4.54. The van der Waals surface area contributed by atoms with Crippen LogP contribution in [0.3, 0.4) is 0 Å². The number of fused-ring (bicyclic) bond motifs is 2. The first-order chi connectivity index (χ1) is 28.5. The Morgan fingerprint density at radius 3 is 1.58 bits per heavy atom. The lowest BCUT2D eigenvalue weighted by Gasteiger charge is -2.21. The molecule has 0 bridgehead atoms. The zero-order chi connectivity index (χ0) is 41.3. The molecule has 0 saturated heterocycles. The Morgan fingerprint density at radius 2 is 1.02 bits per heavy atom. The molecule has 6 aromatic carbocycles. The number of hydrogen-bond acceptors (Lipinski definition) is 12. The summed E-state index contributed by atoms with van der Waals surface area (Å²) >= 11 is 0. The summed E-state index contributed by atoms with van der Waals surface area (Å²) < 4.78 is 35.4. The molecule has 6 aromatic rings. The molecule has 0 saturated carbocycles. The van der Waals surface area contributed by atoms with E-state index in [-0.39, 0.29) is 57.5 Å². The molecule has 0 spiro atoms. The van der Waals surface area contributed by atoms with Crippen LogP contribution < -0.4 is 19.3 Å². The number of benzene rings is 6. The fourth-order valence-corrected chi connectivity index (χ4v) is 7.13. The number of carbonyl (C=O) groups excluding carboxylic acids is 4. The largest absolute Gasteiger partial charge is 0.490 e. The molecule has 2 aliphatic heterocycles. The van der Waals surface area contributed by atoms with Crippen LogP contribution in [0.1, 0.15) is 47.0 Å². The quantitative estimate of drug-likeness (QED) is 0.0668. The molecule has 2 heterocycles. The summed E-state index contributed by atoms with van der Waals surface area (Å²) in [7, 11) is -3.30. The third-order valence-corrected chi connectivity index (χ3v) is 10.6. The van der Waals surface area contributed by atoms with Gasteiger partial charge in [0.2, 0.25) is 0 Å². The van der Waals surface area contributed by atoms with Crippen LogP contribution in [-0.4, -0.2) is 51.5 Å². The second-order valence-corrected chi connectivity index (χ2v) is 15.5. The van der Waals surface area contributed by atoms with E-state index < -0.39 is 33.5 Å². The number of carbonyl (C=O) groups is 4. The zero-order valence-corrected chi connectivity index (χ0v) is 32.3. The third-order valence-electron chi connectivity index (χ3n) is 9.48. The molecule has 0 radical (unpaired) electrons. The van der Waals surface area contributed by atoms with Crippen molar-refractivity contribution in [2.75, 3.05) is 29.3 Å². The molecule has 0 aliphatic carbocycles. The Bertz CT molecular complexity index is 2790. The number of hydrogen-bond donors (Lipinski definition) is 0. The lowest BCUT2D eigenvalue weighted by atomic mass is 10.1. The molecule has 0 fully saturated rings. The summed E-state index contributed by atoms with van der Waals surface area (Å²) in [6, 6.07) is 35.9. The first-order valence-electron chi connectivity index (χ1n) is 18.2. The maximum Gasteiger partial charge on any atom is 0.266 e. The topological polar surface area (TPSA) is 177 Å². The summed E-state index contributed by atoms with van der Waals surface area (Å²) in [6.45, 7) is 1.91. The lowest BCUT2D eigenvalue weighted by Crippen LogP contribution is -2.31. The first-order valence-corrected chi connectivity index (χ1v) is 20.0. The second kappa shape index (κ2) is 15.7. The van der Waals surface area contributed by atoms with Crippen LogP contribution >= 0.6 is 0 Å². The summed E-state index contributed by atoms with van der Waals surface area (Å²) in [5.74, 6) is -1.43. The van der Waals surface area contributed by atoms with Gasteiger partial charge in [-0.3, -0.25) is 19.2 Å². The van der Waals surface area contributed by atoms with Crippen molar-refractivity contribution in [1.29, 1.82) is 0 Å². The fourth-order valence-electron chi connectivity index (χ4n) is 6.50. The van der Waals surface area contributed by atoms with Gasteiger partial charge in [0.05, 0.1) is 61.3 Å². The number of rotatable bonds is 12. The highest BCUT2D eigenvalue weighted by Gasteiger charge is 2.40. The van der Waals surface area contributed by atoms with Gasteiger partial charge in [0, 0.05) is 12.3 Å². The molecule has 4 amide bonds.